The van der Waals surface area contributed by atoms with Crippen LogP contribution in [0.5, 0.6) is 0 Å². The number of halogens is 2. The number of pyridine rings is 1. The second kappa shape index (κ2) is 9.45. The number of benzene rings is 2. The van der Waals surface area contributed by atoms with Gasteiger partial charge in [-0.2, -0.15) is 0 Å². The number of imidazole rings is 1. The van der Waals surface area contributed by atoms with Crippen LogP contribution in [-0.2, 0) is 9.84 Å². The van der Waals surface area contributed by atoms with Crippen molar-refractivity contribution in [2.45, 2.75) is 25.7 Å². The minimum absolute atomic E-state index is 0.193. The third-order valence-electron chi connectivity index (χ3n) is 5.90. The van der Waals surface area contributed by atoms with Gasteiger partial charge in [-0.05, 0) is 61.4 Å². The van der Waals surface area contributed by atoms with Crippen molar-refractivity contribution in [1.82, 2.24) is 19.5 Å². The lowest BCUT2D eigenvalue weighted by Crippen LogP contribution is -2.00. The highest BCUT2D eigenvalue weighted by Gasteiger charge is 2.23. The molecule has 37 heavy (non-hydrogen) atoms. The van der Waals surface area contributed by atoms with Gasteiger partial charge in [-0.3, -0.25) is 0 Å². The first-order valence-corrected chi connectivity index (χ1v) is 13.9. The van der Waals surface area contributed by atoms with Gasteiger partial charge in [0.2, 0.25) is 0 Å². The molecule has 0 saturated carbocycles. The van der Waals surface area contributed by atoms with Crippen molar-refractivity contribution in [3.63, 3.8) is 0 Å². The Balaban J connectivity index is 1.78. The van der Waals surface area contributed by atoms with Crippen LogP contribution < -0.4 is 0 Å². The first kappa shape index (κ1) is 25.2. The minimum atomic E-state index is -3.37. The van der Waals surface area contributed by atoms with E-state index in [4.69, 9.17) is 32.6 Å². The zero-order valence-corrected chi connectivity index (χ0v) is 22.8. The second-order valence-electron chi connectivity index (χ2n) is 8.71. The third-order valence-corrected chi connectivity index (χ3v) is 7.51. The molecule has 7 nitrogen and oxygen atoms in total. The van der Waals surface area contributed by atoms with Crippen LogP contribution in [0.15, 0.2) is 70.1 Å². The molecule has 0 unspecified atom stereocenters. The first-order chi connectivity index (χ1) is 17.5. The number of hydrogen-bond acceptors (Lipinski definition) is 6. The van der Waals surface area contributed by atoms with Gasteiger partial charge < -0.3 is 8.98 Å². The summed E-state index contributed by atoms with van der Waals surface area (Å²) in [4.78, 5) is 13.7. The molecule has 2 aromatic carbocycles. The predicted octanol–water partition coefficient (Wildman–Crippen LogP) is 6.89. The molecular formula is C27H22Cl2N4O3S. The Morgan fingerprint density at radius 1 is 0.865 bits per heavy atom. The molecule has 5 aromatic rings. The van der Waals surface area contributed by atoms with E-state index in [0.29, 0.717) is 22.9 Å². The fourth-order valence-electron chi connectivity index (χ4n) is 4.26. The van der Waals surface area contributed by atoms with Gasteiger partial charge in [0.15, 0.2) is 21.5 Å². The van der Waals surface area contributed by atoms with Crippen LogP contribution in [0.3, 0.4) is 0 Å². The van der Waals surface area contributed by atoms with E-state index in [2.05, 4.69) is 9.97 Å². The number of rotatable bonds is 5. The number of aromatic nitrogens is 4. The molecular weight excluding hydrogens is 531 g/mol. The fourth-order valence-corrected chi connectivity index (χ4v) is 5.35. The van der Waals surface area contributed by atoms with Crippen molar-refractivity contribution in [2.75, 3.05) is 6.26 Å². The van der Waals surface area contributed by atoms with Gasteiger partial charge in [-0.1, -0.05) is 41.4 Å². The van der Waals surface area contributed by atoms with E-state index < -0.39 is 9.84 Å². The lowest BCUT2D eigenvalue weighted by atomic mass is 9.98. The van der Waals surface area contributed by atoms with E-state index in [0.717, 1.165) is 33.9 Å². The van der Waals surface area contributed by atoms with E-state index in [1.807, 2.05) is 48.9 Å². The van der Waals surface area contributed by atoms with E-state index in [9.17, 15) is 8.42 Å². The predicted molar refractivity (Wildman–Crippen MR) is 145 cm³/mol. The van der Waals surface area contributed by atoms with Gasteiger partial charge in [0.1, 0.15) is 21.8 Å². The van der Waals surface area contributed by atoms with Crippen LogP contribution >= 0.6 is 23.2 Å². The highest BCUT2D eigenvalue weighted by Crippen LogP contribution is 2.40. The summed E-state index contributed by atoms with van der Waals surface area (Å²) in [6, 6.07) is 16.1. The summed E-state index contributed by atoms with van der Waals surface area (Å²) < 4.78 is 32.4. The summed E-state index contributed by atoms with van der Waals surface area (Å²) in [6.45, 7) is 5.62. The summed E-state index contributed by atoms with van der Waals surface area (Å²) in [5.41, 5.74) is 5.12. The normalized spacial score (nSPS) is 11.7. The molecule has 5 rings (SSSR count). The van der Waals surface area contributed by atoms with Gasteiger partial charge in [0.05, 0.1) is 21.8 Å². The molecule has 0 aliphatic carbocycles. The van der Waals surface area contributed by atoms with Crippen LogP contribution in [0.2, 0.25) is 10.3 Å². The molecule has 0 amide bonds. The van der Waals surface area contributed by atoms with Crippen molar-refractivity contribution in [2.24, 2.45) is 0 Å². The molecule has 0 saturated heterocycles. The number of sulfone groups is 1. The minimum Gasteiger partial charge on any atom is -0.440 e. The fraction of sp³-hybridized carbons (Fsp3) is 0.148. The first-order valence-electron chi connectivity index (χ1n) is 11.3. The number of aryl methyl sites for hydroxylation is 3. The maximum Gasteiger partial charge on any atom is 0.192 e. The van der Waals surface area contributed by atoms with Crippen LogP contribution in [-0.4, -0.2) is 34.2 Å². The summed E-state index contributed by atoms with van der Waals surface area (Å²) in [6.07, 6.45) is 3.14. The smallest absolute Gasteiger partial charge is 0.192 e. The van der Waals surface area contributed by atoms with Gasteiger partial charge in [0, 0.05) is 24.9 Å². The van der Waals surface area contributed by atoms with Crippen molar-refractivity contribution >= 4 is 33.0 Å². The van der Waals surface area contributed by atoms with Crippen LogP contribution in [0.25, 0.3) is 39.4 Å². The molecule has 0 radical (unpaired) electrons. The molecule has 0 aliphatic heterocycles. The number of oxazole rings is 1. The average Bonchev–Trinajstić information content (AvgIpc) is 3.39. The summed E-state index contributed by atoms with van der Waals surface area (Å²) in [5.74, 6) is 1.70. The van der Waals surface area contributed by atoms with Crippen LogP contribution in [0.4, 0.5) is 0 Å². The van der Waals surface area contributed by atoms with Crippen molar-refractivity contribution in [1.29, 1.82) is 0 Å². The summed E-state index contributed by atoms with van der Waals surface area (Å²) in [5, 5.41) is 0.461. The van der Waals surface area contributed by atoms with Crippen molar-refractivity contribution in [3.8, 4) is 39.4 Å². The van der Waals surface area contributed by atoms with Crippen LogP contribution in [0, 0.1) is 20.8 Å². The van der Waals surface area contributed by atoms with E-state index >= 15 is 0 Å². The molecule has 0 atom stereocenters. The Morgan fingerprint density at radius 3 is 2.30 bits per heavy atom. The molecule has 0 aliphatic rings. The standard InChI is InChI=1S/C27H22Cl2N4O3S/c1-15-14-33(16(2)30-15)23-10-8-19(18-6-5-7-20(12-18)37(4,34)35)13-22(23)25-26(36-17(3)31-25)21-9-11-24(28)32-27(21)29/h5-14H,1-4H3. The van der Waals surface area contributed by atoms with Crippen molar-refractivity contribution in [3.05, 3.63) is 88.5 Å². The third kappa shape index (κ3) is 4.92. The summed E-state index contributed by atoms with van der Waals surface area (Å²) >= 11 is 12.5. The molecule has 10 heteroatoms. The molecule has 188 valence electrons. The highest BCUT2D eigenvalue weighted by molar-refractivity contribution is 7.90. The molecule has 3 heterocycles. The lowest BCUT2D eigenvalue weighted by Gasteiger charge is -2.14. The average molecular weight is 553 g/mol. The largest absolute Gasteiger partial charge is 0.440 e. The topological polar surface area (TPSA) is 90.9 Å². The van der Waals surface area contributed by atoms with Gasteiger partial charge in [-0.15, -0.1) is 0 Å². The zero-order chi connectivity index (χ0) is 26.5. The lowest BCUT2D eigenvalue weighted by molar-refractivity contribution is 0.534. The zero-order valence-electron chi connectivity index (χ0n) is 20.5. The SMILES string of the molecule is Cc1cn(-c2ccc(-c3cccc(S(C)(=O)=O)c3)cc2-c2nc(C)oc2-c2ccc(Cl)nc2Cl)c(C)n1. The highest BCUT2D eigenvalue weighted by atomic mass is 35.5. The molecule has 3 aromatic heterocycles. The van der Waals surface area contributed by atoms with Gasteiger partial charge in [-0.25, -0.2) is 23.4 Å². The monoisotopic (exact) mass is 552 g/mol. The Kier molecular flexibility index (Phi) is 6.43. The maximum absolute atomic E-state index is 12.2. The van der Waals surface area contributed by atoms with Crippen molar-refractivity contribution < 1.29 is 12.8 Å². The van der Waals surface area contributed by atoms with Gasteiger partial charge >= 0.3 is 0 Å². The van der Waals surface area contributed by atoms with E-state index in [1.165, 1.54) is 6.26 Å². The molecule has 0 N–H and O–H groups in total. The quantitative estimate of drug-likeness (QED) is 0.220. The Hall–Kier alpha value is -3.46. The Bertz CT molecular complexity index is 1770. The van der Waals surface area contributed by atoms with E-state index in [-0.39, 0.29) is 15.2 Å². The van der Waals surface area contributed by atoms with Crippen LogP contribution in [0.1, 0.15) is 17.4 Å². The number of nitrogens with zero attached hydrogens (tertiary/aromatic N) is 4. The number of hydrogen-bond donors (Lipinski definition) is 0. The molecule has 0 bridgehead atoms. The maximum atomic E-state index is 12.2. The summed E-state index contributed by atoms with van der Waals surface area (Å²) in [7, 11) is -3.37. The Morgan fingerprint density at radius 2 is 1.62 bits per heavy atom. The second-order valence-corrected chi connectivity index (χ2v) is 11.5. The molecule has 0 spiro atoms. The van der Waals surface area contributed by atoms with Gasteiger partial charge in [0.25, 0.3) is 0 Å². The molecule has 0 fully saturated rings. The van der Waals surface area contributed by atoms with E-state index in [1.54, 1.807) is 37.3 Å². The Labute approximate surface area is 224 Å².